The molecule has 1 atom stereocenters. The zero-order valence-electron chi connectivity index (χ0n) is 14.7. The van der Waals surface area contributed by atoms with Crippen molar-refractivity contribution >= 4 is 17.7 Å². The molecule has 4 nitrogen and oxygen atoms in total. The molecule has 0 N–H and O–H groups in total. The molecule has 5 heteroatoms. The number of anilines is 1. The first-order valence-electron chi connectivity index (χ1n) is 8.10. The number of ether oxygens (including phenoxy) is 1. The summed E-state index contributed by atoms with van der Waals surface area (Å²) in [4.78, 5) is 26.5. The van der Waals surface area contributed by atoms with Crippen molar-refractivity contribution in [2.45, 2.75) is 39.2 Å². The lowest BCUT2D eigenvalue weighted by Crippen LogP contribution is -2.39. The second kappa shape index (κ2) is 5.99. The van der Waals surface area contributed by atoms with Crippen LogP contribution < -0.4 is 4.90 Å². The van der Waals surface area contributed by atoms with E-state index in [1.54, 1.807) is 20.8 Å². The zero-order valence-corrected chi connectivity index (χ0v) is 14.7. The molecule has 2 aromatic rings. The van der Waals surface area contributed by atoms with E-state index in [9.17, 15) is 14.0 Å². The predicted octanol–water partition coefficient (Wildman–Crippen LogP) is 4.55. The molecule has 0 aliphatic carbocycles. The third-order valence-corrected chi connectivity index (χ3v) is 4.00. The Morgan fingerprint density at radius 1 is 1.12 bits per heavy atom. The largest absolute Gasteiger partial charge is 0.443 e. The molecule has 0 aromatic heterocycles. The molecule has 3 rings (SSSR count). The fourth-order valence-corrected chi connectivity index (χ4v) is 2.92. The average molecular weight is 341 g/mol. The third-order valence-electron chi connectivity index (χ3n) is 4.00. The topological polar surface area (TPSA) is 46.6 Å². The molecule has 1 aliphatic heterocycles. The number of benzene rings is 2. The average Bonchev–Trinajstić information content (AvgIpc) is 2.78. The van der Waals surface area contributed by atoms with E-state index in [4.69, 9.17) is 4.74 Å². The van der Waals surface area contributed by atoms with Crippen LogP contribution in [0.15, 0.2) is 42.5 Å². The van der Waals surface area contributed by atoms with Crippen LogP contribution in [0.25, 0.3) is 0 Å². The van der Waals surface area contributed by atoms with Gasteiger partial charge in [-0.3, -0.25) is 4.79 Å². The monoisotopic (exact) mass is 341 g/mol. The van der Waals surface area contributed by atoms with Gasteiger partial charge in [0, 0.05) is 0 Å². The minimum absolute atomic E-state index is 0.367. The fraction of sp³-hybridized carbons (Fsp3) is 0.300. The molecule has 0 fully saturated rings. The Hall–Kier alpha value is -2.69. The van der Waals surface area contributed by atoms with E-state index < -0.39 is 29.3 Å². The first-order chi connectivity index (χ1) is 11.7. The van der Waals surface area contributed by atoms with Crippen LogP contribution in [0.1, 0.15) is 43.4 Å². The molecular formula is C20H20FNO3. The Kier molecular flexibility index (Phi) is 4.11. The van der Waals surface area contributed by atoms with E-state index in [0.717, 1.165) is 10.5 Å². The molecule has 130 valence electrons. The Morgan fingerprint density at radius 3 is 2.36 bits per heavy atom. The van der Waals surface area contributed by atoms with Crippen molar-refractivity contribution in [2.24, 2.45) is 0 Å². The lowest BCUT2D eigenvalue weighted by atomic mass is 9.92. The summed E-state index contributed by atoms with van der Waals surface area (Å²) in [5.74, 6) is -1.60. The molecule has 0 radical (unpaired) electrons. The van der Waals surface area contributed by atoms with E-state index in [1.165, 1.54) is 18.2 Å². The van der Waals surface area contributed by atoms with Gasteiger partial charge in [0.2, 0.25) is 5.91 Å². The minimum atomic E-state index is -0.750. The van der Waals surface area contributed by atoms with Crippen LogP contribution in [0, 0.1) is 12.7 Å². The van der Waals surface area contributed by atoms with Gasteiger partial charge in [0.1, 0.15) is 11.4 Å². The van der Waals surface area contributed by atoms with Gasteiger partial charge in [0.15, 0.2) is 0 Å². The van der Waals surface area contributed by atoms with Gasteiger partial charge in [-0.05, 0) is 57.0 Å². The number of halogens is 1. The van der Waals surface area contributed by atoms with Gasteiger partial charge in [-0.2, -0.15) is 0 Å². The molecule has 25 heavy (non-hydrogen) atoms. The summed E-state index contributed by atoms with van der Waals surface area (Å²) < 4.78 is 19.2. The summed E-state index contributed by atoms with van der Waals surface area (Å²) in [7, 11) is 0. The molecule has 0 saturated carbocycles. The Labute approximate surface area is 146 Å². The lowest BCUT2D eigenvalue weighted by Gasteiger charge is -2.24. The van der Waals surface area contributed by atoms with Gasteiger partial charge in [-0.15, -0.1) is 0 Å². The molecule has 2 aromatic carbocycles. The van der Waals surface area contributed by atoms with E-state index in [1.807, 2.05) is 31.2 Å². The maximum Gasteiger partial charge on any atom is 0.421 e. The molecule has 1 unspecified atom stereocenters. The van der Waals surface area contributed by atoms with Crippen molar-refractivity contribution in [1.82, 2.24) is 0 Å². The normalized spacial score (nSPS) is 16.8. The second-order valence-electron chi connectivity index (χ2n) is 7.20. The summed E-state index contributed by atoms with van der Waals surface area (Å²) >= 11 is 0. The number of amides is 2. The van der Waals surface area contributed by atoms with Gasteiger partial charge in [0.05, 0.1) is 11.6 Å². The highest BCUT2D eigenvalue weighted by atomic mass is 19.1. The maximum absolute atomic E-state index is 13.8. The van der Waals surface area contributed by atoms with E-state index >= 15 is 0 Å². The van der Waals surface area contributed by atoms with Crippen molar-refractivity contribution in [2.75, 3.05) is 4.90 Å². The van der Waals surface area contributed by atoms with Crippen molar-refractivity contribution in [3.8, 4) is 0 Å². The van der Waals surface area contributed by atoms with Gasteiger partial charge in [0.25, 0.3) is 0 Å². The summed E-state index contributed by atoms with van der Waals surface area (Å²) in [6, 6.07) is 11.4. The SMILES string of the molecule is Cc1ccc(C2C(=O)N(C(=O)OC(C)(C)C)c3ccc(F)cc32)cc1. The predicted molar refractivity (Wildman–Crippen MR) is 93.1 cm³/mol. The number of aryl methyl sites for hydroxylation is 1. The highest BCUT2D eigenvalue weighted by Gasteiger charge is 2.43. The lowest BCUT2D eigenvalue weighted by molar-refractivity contribution is -0.118. The molecular weight excluding hydrogens is 321 g/mol. The number of rotatable bonds is 1. The first-order valence-corrected chi connectivity index (χ1v) is 8.10. The summed E-state index contributed by atoms with van der Waals surface area (Å²) in [6.45, 7) is 7.14. The molecule has 0 bridgehead atoms. The standard InChI is InChI=1S/C20H20FNO3/c1-12-5-7-13(8-6-12)17-15-11-14(21)9-10-16(15)22(18(17)23)19(24)25-20(2,3)4/h5-11,17H,1-4H3. The van der Waals surface area contributed by atoms with Crippen molar-refractivity contribution in [3.05, 3.63) is 65.0 Å². The van der Waals surface area contributed by atoms with Crippen LogP contribution in [0.4, 0.5) is 14.9 Å². The van der Waals surface area contributed by atoms with E-state index in [2.05, 4.69) is 0 Å². The molecule has 0 saturated heterocycles. The molecule has 1 heterocycles. The Balaban J connectivity index is 2.08. The number of carbonyl (C=O) groups excluding carboxylic acids is 2. The molecule has 0 spiro atoms. The highest BCUT2D eigenvalue weighted by Crippen LogP contribution is 2.42. The van der Waals surface area contributed by atoms with Crippen LogP contribution in [0.3, 0.4) is 0 Å². The zero-order chi connectivity index (χ0) is 18.4. The van der Waals surface area contributed by atoms with E-state index in [0.29, 0.717) is 16.8 Å². The van der Waals surface area contributed by atoms with Crippen LogP contribution in [-0.4, -0.2) is 17.6 Å². The number of hydrogen-bond donors (Lipinski definition) is 0. The van der Waals surface area contributed by atoms with Crippen LogP contribution in [0.5, 0.6) is 0 Å². The van der Waals surface area contributed by atoms with Crippen molar-refractivity contribution < 1.29 is 18.7 Å². The smallest absolute Gasteiger partial charge is 0.421 e. The number of imide groups is 1. The minimum Gasteiger partial charge on any atom is -0.443 e. The van der Waals surface area contributed by atoms with Crippen molar-refractivity contribution in [1.29, 1.82) is 0 Å². The first kappa shape index (κ1) is 17.1. The molecule has 1 aliphatic rings. The van der Waals surface area contributed by atoms with Crippen molar-refractivity contribution in [3.63, 3.8) is 0 Å². The van der Waals surface area contributed by atoms with Gasteiger partial charge < -0.3 is 4.74 Å². The second-order valence-corrected chi connectivity index (χ2v) is 7.20. The summed E-state index contributed by atoms with van der Waals surface area (Å²) in [5, 5.41) is 0. The van der Waals surface area contributed by atoms with Gasteiger partial charge in [-0.1, -0.05) is 29.8 Å². The number of hydrogen-bond acceptors (Lipinski definition) is 3. The van der Waals surface area contributed by atoms with Crippen LogP contribution in [0.2, 0.25) is 0 Å². The number of fused-ring (bicyclic) bond motifs is 1. The number of carbonyl (C=O) groups is 2. The van der Waals surface area contributed by atoms with Crippen LogP contribution in [-0.2, 0) is 9.53 Å². The highest BCUT2D eigenvalue weighted by molar-refractivity contribution is 6.20. The van der Waals surface area contributed by atoms with Crippen LogP contribution >= 0.6 is 0 Å². The third kappa shape index (κ3) is 3.27. The number of nitrogens with zero attached hydrogens (tertiary/aromatic N) is 1. The van der Waals surface area contributed by atoms with E-state index in [-0.39, 0.29) is 0 Å². The molecule has 2 amide bonds. The summed E-state index contributed by atoms with van der Waals surface area (Å²) in [6.07, 6.45) is -0.750. The van der Waals surface area contributed by atoms with Gasteiger partial charge in [-0.25, -0.2) is 14.1 Å². The Bertz CT molecular complexity index is 837. The van der Waals surface area contributed by atoms with Gasteiger partial charge >= 0.3 is 6.09 Å². The summed E-state index contributed by atoms with van der Waals surface area (Å²) in [5.41, 5.74) is 1.87. The Morgan fingerprint density at radius 2 is 1.76 bits per heavy atom. The fourth-order valence-electron chi connectivity index (χ4n) is 2.92. The quantitative estimate of drug-likeness (QED) is 0.764. The maximum atomic E-state index is 13.8.